The fraction of sp³-hybridized carbons (Fsp3) is 0.423. The smallest absolute Gasteiger partial charge is 0.233 e. The van der Waals surface area contributed by atoms with Crippen LogP contribution in [-0.4, -0.2) is 52.0 Å². The number of carbonyl (C=O) groups is 1. The molecule has 3 fully saturated rings. The molecule has 2 saturated heterocycles. The first-order chi connectivity index (χ1) is 15.6. The monoisotopic (exact) mass is 428 g/mol. The molecular formula is C26H28N4O2. The number of likely N-dealkylation sites (tertiary alicyclic amines) is 2. The van der Waals surface area contributed by atoms with Gasteiger partial charge >= 0.3 is 0 Å². The lowest BCUT2D eigenvalue weighted by Crippen LogP contribution is -2.63. The molecule has 32 heavy (non-hydrogen) atoms. The average molecular weight is 429 g/mol. The highest BCUT2D eigenvalue weighted by molar-refractivity contribution is 5.92. The molecule has 3 aromatic rings. The molecule has 2 aliphatic heterocycles. The van der Waals surface area contributed by atoms with E-state index in [1.807, 2.05) is 25.1 Å². The molecule has 0 N–H and O–H groups in total. The van der Waals surface area contributed by atoms with Gasteiger partial charge in [-0.1, -0.05) is 65.8 Å². The second-order valence-electron chi connectivity index (χ2n) is 9.86. The van der Waals surface area contributed by atoms with Crippen molar-refractivity contribution in [1.29, 1.82) is 0 Å². The molecule has 1 aliphatic carbocycles. The van der Waals surface area contributed by atoms with Gasteiger partial charge in [0.15, 0.2) is 5.82 Å². The van der Waals surface area contributed by atoms with E-state index in [0.29, 0.717) is 11.7 Å². The Morgan fingerprint density at radius 3 is 2.34 bits per heavy atom. The van der Waals surface area contributed by atoms with Crippen LogP contribution in [0.5, 0.6) is 0 Å². The third kappa shape index (κ3) is 3.16. The number of aryl methyl sites for hydroxylation is 1. The molecule has 164 valence electrons. The lowest BCUT2D eigenvalue weighted by Gasteiger charge is -2.51. The Hall–Kier alpha value is -2.99. The van der Waals surface area contributed by atoms with Crippen molar-refractivity contribution in [3.8, 4) is 0 Å². The number of carbonyl (C=O) groups excluding carboxylic acids is 1. The predicted octanol–water partition coefficient (Wildman–Crippen LogP) is 3.54. The minimum atomic E-state index is -0.304. The van der Waals surface area contributed by atoms with Crippen molar-refractivity contribution in [1.82, 2.24) is 19.9 Å². The highest BCUT2D eigenvalue weighted by Gasteiger charge is 2.62. The van der Waals surface area contributed by atoms with Gasteiger partial charge in [-0.2, -0.15) is 4.98 Å². The van der Waals surface area contributed by atoms with Crippen molar-refractivity contribution >= 4 is 5.91 Å². The zero-order valence-corrected chi connectivity index (χ0v) is 18.4. The summed E-state index contributed by atoms with van der Waals surface area (Å²) in [4.78, 5) is 22.7. The van der Waals surface area contributed by atoms with Crippen LogP contribution in [0.3, 0.4) is 0 Å². The fourth-order valence-corrected chi connectivity index (χ4v) is 5.82. The van der Waals surface area contributed by atoms with Crippen molar-refractivity contribution in [2.45, 2.75) is 37.6 Å². The van der Waals surface area contributed by atoms with E-state index in [1.165, 1.54) is 5.56 Å². The fourth-order valence-electron chi connectivity index (χ4n) is 5.82. The number of benzene rings is 2. The molecule has 3 aliphatic rings. The summed E-state index contributed by atoms with van der Waals surface area (Å²) in [6.45, 7) is 6.10. The van der Waals surface area contributed by atoms with Crippen molar-refractivity contribution < 1.29 is 9.32 Å². The number of rotatable bonds is 5. The van der Waals surface area contributed by atoms with Gasteiger partial charge in [-0.3, -0.25) is 9.69 Å². The van der Waals surface area contributed by atoms with E-state index in [9.17, 15) is 4.79 Å². The van der Waals surface area contributed by atoms with E-state index in [4.69, 9.17) is 4.52 Å². The third-order valence-corrected chi connectivity index (χ3v) is 7.59. The van der Waals surface area contributed by atoms with Crippen LogP contribution in [0.4, 0.5) is 0 Å². The van der Waals surface area contributed by atoms with Crippen LogP contribution in [0, 0.1) is 12.3 Å². The molecule has 1 unspecified atom stereocenters. The van der Waals surface area contributed by atoms with Crippen LogP contribution >= 0.6 is 0 Å². The second kappa shape index (κ2) is 7.27. The summed E-state index contributed by atoms with van der Waals surface area (Å²) in [5, 5.41) is 4.05. The zero-order valence-electron chi connectivity index (χ0n) is 18.4. The molecule has 1 saturated carbocycles. The summed E-state index contributed by atoms with van der Waals surface area (Å²) in [6, 6.07) is 20.8. The lowest BCUT2D eigenvalue weighted by molar-refractivity contribution is -0.146. The summed E-state index contributed by atoms with van der Waals surface area (Å²) in [7, 11) is 0. The Morgan fingerprint density at radius 2 is 1.72 bits per heavy atom. The summed E-state index contributed by atoms with van der Waals surface area (Å²) >= 11 is 0. The van der Waals surface area contributed by atoms with Gasteiger partial charge < -0.3 is 9.42 Å². The molecule has 1 spiro atoms. The van der Waals surface area contributed by atoms with E-state index >= 15 is 0 Å². The Labute approximate surface area is 188 Å². The highest BCUT2D eigenvalue weighted by Crippen LogP contribution is 2.54. The van der Waals surface area contributed by atoms with Gasteiger partial charge in [0, 0.05) is 38.1 Å². The molecule has 6 rings (SSSR count). The molecule has 3 heterocycles. The Kier molecular flexibility index (Phi) is 4.47. The van der Waals surface area contributed by atoms with Gasteiger partial charge in [0.2, 0.25) is 11.8 Å². The van der Waals surface area contributed by atoms with Gasteiger partial charge in [-0.15, -0.1) is 0 Å². The van der Waals surface area contributed by atoms with Crippen LogP contribution in [0.15, 0.2) is 65.2 Å². The summed E-state index contributed by atoms with van der Waals surface area (Å²) < 4.78 is 5.63. The van der Waals surface area contributed by atoms with Crippen molar-refractivity contribution in [3.63, 3.8) is 0 Å². The Bertz CT molecular complexity index is 1120. The molecular weight excluding hydrogens is 400 g/mol. The Morgan fingerprint density at radius 1 is 1.03 bits per heavy atom. The summed E-state index contributed by atoms with van der Waals surface area (Å²) in [6.07, 6.45) is 1.90. The minimum Gasteiger partial charge on any atom is -0.341 e. The molecule has 6 heteroatoms. The third-order valence-electron chi connectivity index (χ3n) is 7.59. The van der Waals surface area contributed by atoms with Gasteiger partial charge in [-0.05, 0) is 30.9 Å². The van der Waals surface area contributed by atoms with Crippen LogP contribution < -0.4 is 0 Å². The standard InChI is InChI=1S/C26H28N4O2/c1-19-27-23(32-28-19)22-15-29(14-20-8-4-2-5-9-20)16-25(22)17-30(18-25)24(31)26(12-13-26)21-10-6-3-7-11-21/h2-11,22H,12-18H2,1H3. The van der Waals surface area contributed by atoms with Crippen LogP contribution in [0.1, 0.15) is 41.6 Å². The molecule has 6 nitrogen and oxygen atoms in total. The first-order valence-corrected chi connectivity index (χ1v) is 11.5. The normalized spacial score (nSPS) is 23.3. The molecule has 0 bridgehead atoms. The van der Waals surface area contributed by atoms with E-state index in [0.717, 1.165) is 51.1 Å². The number of hydrogen-bond acceptors (Lipinski definition) is 5. The summed E-state index contributed by atoms with van der Waals surface area (Å²) in [5.74, 6) is 1.83. The van der Waals surface area contributed by atoms with E-state index in [1.54, 1.807) is 0 Å². The first kappa shape index (κ1) is 19.7. The summed E-state index contributed by atoms with van der Waals surface area (Å²) in [5.41, 5.74) is 2.14. The van der Waals surface area contributed by atoms with E-state index in [2.05, 4.69) is 62.4 Å². The van der Waals surface area contributed by atoms with E-state index in [-0.39, 0.29) is 22.7 Å². The largest absolute Gasteiger partial charge is 0.341 e. The molecule has 0 radical (unpaired) electrons. The van der Waals surface area contributed by atoms with Crippen molar-refractivity contribution in [2.75, 3.05) is 26.2 Å². The topological polar surface area (TPSA) is 62.5 Å². The van der Waals surface area contributed by atoms with Crippen LogP contribution in [-0.2, 0) is 16.8 Å². The Balaban J connectivity index is 1.22. The zero-order chi connectivity index (χ0) is 21.8. The lowest BCUT2D eigenvalue weighted by atomic mass is 9.70. The molecule has 1 aromatic heterocycles. The number of aromatic nitrogens is 2. The molecule has 1 amide bonds. The van der Waals surface area contributed by atoms with Gasteiger partial charge in [-0.25, -0.2) is 0 Å². The van der Waals surface area contributed by atoms with Gasteiger partial charge in [0.25, 0.3) is 0 Å². The number of hydrogen-bond donors (Lipinski definition) is 0. The maximum atomic E-state index is 13.5. The second-order valence-corrected chi connectivity index (χ2v) is 9.86. The average Bonchev–Trinajstić information content (AvgIpc) is 3.36. The number of amides is 1. The van der Waals surface area contributed by atoms with Crippen molar-refractivity contribution in [2.24, 2.45) is 5.41 Å². The molecule has 1 atom stereocenters. The van der Waals surface area contributed by atoms with E-state index < -0.39 is 0 Å². The van der Waals surface area contributed by atoms with Crippen molar-refractivity contribution in [3.05, 3.63) is 83.5 Å². The van der Waals surface area contributed by atoms with Gasteiger partial charge in [0.1, 0.15) is 0 Å². The van der Waals surface area contributed by atoms with Gasteiger partial charge in [0.05, 0.1) is 11.3 Å². The van der Waals surface area contributed by atoms with Crippen LogP contribution in [0.2, 0.25) is 0 Å². The van der Waals surface area contributed by atoms with Crippen LogP contribution in [0.25, 0.3) is 0 Å². The predicted molar refractivity (Wildman–Crippen MR) is 120 cm³/mol. The highest BCUT2D eigenvalue weighted by atomic mass is 16.5. The SMILES string of the molecule is Cc1noc(C2CN(Cc3ccccc3)CC23CN(C(=O)C2(c4ccccc4)CC2)C3)n1. The quantitative estimate of drug-likeness (QED) is 0.622. The maximum Gasteiger partial charge on any atom is 0.233 e. The minimum absolute atomic E-state index is 0.0177. The number of nitrogens with zero attached hydrogens (tertiary/aromatic N) is 4. The molecule has 2 aromatic carbocycles. The maximum absolute atomic E-state index is 13.5. The first-order valence-electron chi connectivity index (χ1n) is 11.5.